The first kappa shape index (κ1) is 20.7. The lowest BCUT2D eigenvalue weighted by atomic mass is 10.1. The monoisotopic (exact) mass is 370 g/mol. The van der Waals surface area contributed by atoms with Crippen LogP contribution in [0.4, 0.5) is 0 Å². The standard InChI is InChI=1S/C22H30N2O3/c1-6-8-14-24(15-18-12-10-9-11-13-18)21(25)19-16(3)20(22(26)27-7-2)23(5)17(19)4/h9-13H,6-8,14-15H2,1-5H3. The van der Waals surface area contributed by atoms with Crippen molar-refractivity contribution in [3.63, 3.8) is 0 Å². The highest BCUT2D eigenvalue weighted by Crippen LogP contribution is 2.24. The van der Waals surface area contributed by atoms with Crippen LogP contribution in [0.15, 0.2) is 30.3 Å². The Morgan fingerprint density at radius 2 is 1.78 bits per heavy atom. The van der Waals surface area contributed by atoms with Gasteiger partial charge < -0.3 is 14.2 Å². The van der Waals surface area contributed by atoms with Crippen molar-refractivity contribution in [1.29, 1.82) is 0 Å². The van der Waals surface area contributed by atoms with Crippen molar-refractivity contribution in [2.24, 2.45) is 7.05 Å². The Morgan fingerprint density at radius 3 is 2.37 bits per heavy atom. The summed E-state index contributed by atoms with van der Waals surface area (Å²) in [5.41, 5.74) is 3.63. The molecule has 0 aliphatic heterocycles. The smallest absolute Gasteiger partial charge is 0.355 e. The van der Waals surface area contributed by atoms with Gasteiger partial charge in [-0.2, -0.15) is 0 Å². The molecule has 2 aromatic rings. The van der Waals surface area contributed by atoms with Gasteiger partial charge in [0.2, 0.25) is 0 Å². The number of benzene rings is 1. The summed E-state index contributed by atoms with van der Waals surface area (Å²) in [6, 6.07) is 9.99. The summed E-state index contributed by atoms with van der Waals surface area (Å²) in [4.78, 5) is 27.6. The van der Waals surface area contributed by atoms with E-state index >= 15 is 0 Å². The molecule has 2 rings (SSSR count). The van der Waals surface area contributed by atoms with Crippen LogP contribution in [0.3, 0.4) is 0 Å². The molecule has 0 saturated heterocycles. The number of ether oxygens (including phenoxy) is 1. The first-order valence-corrected chi connectivity index (χ1v) is 9.58. The molecule has 1 amide bonds. The number of carbonyl (C=O) groups excluding carboxylic acids is 2. The first-order chi connectivity index (χ1) is 12.9. The van der Waals surface area contributed by atoms with Crippen molar-refractivity contribution in [3.8, 4) is 0 Å². The van der Waals surface area contributed by atoms with Crippen LogP contribution < -0.4 is 0 Å². The van der Waals surface area contributed by atoms with Gasteiger partial charge in [-0.05, 0) is 38.3 Å². The second-order valence-electron chi connectivity index (χ2n) is 6.78. The predicted molar refractivity (Wildman–Crippen MR) is 107 cm³/mol. The zero-order valence-corrected chi connectivity index (χ0v) is 17.0. The predicted octanol–water partition coefficient (Wildman–Crippen LogP) is 4.26. The molecule has 0 aliphatic carbocycles. The van der Waals surface area contributed by atoms with E-state index in [4.69, 9.17) is 4.74 Å². The van der Waals surface area contributed by atoms with Crippen molar-refractivity contribution in [3.05, 3.63) is 58.4 Å². The van der Waals surface area contributed by atoms with Gasteiger partial charge in [0.1, 0.15) is 5.69 Å². The number of rotatable bonds is 8. The molecule has 5 heteroatoms. The summed E-state index contributed by atoms with van der Waals surface area (Å²) in [6.07, 6.45) is 1.95. The molecule has 1 aromatic heterocycles. The van der Waals surface area contributed by atoms with Gasteiger partial charge in [-0.25, -0.2) is 4.79 Å². The molecule has 0 aliphatic rings. The number of aromatic nitrogens is 1. The third-order valence-electron chi connectivity index (χ3n) is 4.90. The lowest BCUT2D eigenvalue weighted by Crippen LogP contribution is -2.32. The van der Waals surface area contributed by atoms with Crippen LogP contribution in [0.5, 0.6) is 0 Å². The molecular weight excluding hydrogens is 340 g/mol. The quantitative estimate of drug-likeness (QED) is 0.652. The average molecular weight is 370 g/mol. The summed E-state index contributed by atoms with van der Waals surface area (Å²) >= 11 is 0. The number of amides is 1. The SMILES string of the molecule is CCCCN(Cc1ccccc1)C(=O)c1c(C)c(C(=O)OCC)n(C)c1C. The fourth-order valence-electron chi connectivity index (χ4n) is 3.34. The first-order valence-electron chi connectivity index (χ1n) is 9.58. The van der Waals surface area contributed by atoms with Crippen LogP contribution in [0.2, 0.25) is 0 Å². The van der Waals surface area contributed by atoms with Crippen LogP contribution in [0.25, 0.3) is 0 Å². The molecule has 5 nitrogen and oxygen atoms in total. The highest BCUT2D eigenvalue weighted by atomic mass is 16.5. The fourth-order valence-corrected chi connectivity index (χ4v) is 3.34. The van der Waals surface area contributed by atoms with E-state index in [0.29, 0.717) is 36.5 Å². The topological polar surface area (TPSA) is 51.5 Å². The van der Waals surface area contributed by atoms with Crippen LogP contribution in [-0.4, -0.2) is 34.5 Å². The molecule has 27 heavy (non-hydrogen) atoms. The summed E-state index contributed by atoms with van der Waals surface area (Å²) in [7, 11) is 1.80. The third kappa shape index (κ3) is 4.59. The number of hydrogen-bond acceptors (Lipinski definition) is 3. The molecule has 1 heterocycles. The fraction of sp³-hybridized carbons (Fsp3) is 0.455. The van der Waals surface area contributed by atoms with Crippen molar-refractivity contribution in [1.82, 2.24) is 9.47 Å². The Hall–Kier alpha value is -2.56. The van der Waals surface area contributed by atoms with Gasteiger partial charge >= 0.3 is 5.97 Å². The Kier molecular flexibility index (Phi) is 7.22. The van der Waals surface area contributed by atoms with E-state index in [-0.39, 0.29) is 11.9 Å². The average Bonchev–Trinajstić information content (AvgIpc) is 2.88. The van der Waals surface area contributed by atoms with Crippen molar-refractivity contribution < 1.29 is 14.3 Å². The Morgan fingerprint density at radius 1 is 1.11 bits per heavy atom. The zero-order chi connectivity index (χ0) is 20.0. The molecule has 0 fully saturated rings. The number of nitrogens with zero attached hydrogens (tertiary/aromatic N) is 2. The second kappa shape index (κ2) is 9.40. The van der Waals surface area contributed by atoms with E-state index in [1.54, 1.807) is 18.5 Å². The minimum absolute atomic E-state index is 0.0338. The van der Waals surface area contributed by atoms with Crippen LogP contribution in [-0.2, 0) is 18.3 Å². The molecule has 0 unspecified atom stereocenters. The summed E-state index contributed by atoms with van der Waals surface area (Å²) < 4.78 is 6.94. The highest BCUT2D eigenvalue weighted by Gasteiger charge is 2.28. The largest absolute Gasteiger partial charge is 0.461 e. The number of esters is 1. The number of carbonyl (C=O) groups is 2. The van der Waals surface area contributed by atoms with Gasteiger partial charge in [0.05, 0.1) is 12.2 Å². The third-order valence-corrected chi connectivity index (χ3v) is 4.90. The molecule has 146 valence electrons. The molecule has 0 radical (unpaired) electrons. The van der Waals surface area contributed by atoms with Gasteiger partial charge in [0, 0.05) is 25.8 Å². The van der Waals surface area contributed by atoms with Crippen LogP contribution >= 0.6 is 0 Å². The van der Waals surface area contributed by atoms with E-state index in [1.807, 2.05) is 49.1 Å². The van der Waals surface area contributed by atoms with E-state index in [1.165, 1.54) is 0 Å². The van der Waals surface area contributed by atoms with Gasteiger partial charge in [0.25, 0.3) is 5.91 Å². The molecule has 0 N–H and O–H groups in total. The van der Waals surface area contributed by atoms with Crippen molar-refractivity contribution in [2.45, 2.75) is 47.1 Å². The Labute approximate surface area is 161 Å². The van der Waals surface area contributed by atoms with Gasteiger partial charge in [-0.3, -0.25) is 4.79 Å². The Balaban J connectivity index is 2.39. The zero-order valence-electron chi connectivity index (χ0n) is 17.0. The lowest BCUT2D eigenvalue weighted by molar-refractivity contribution is 0.0514. The van der Waals surface area contributed by atoms with E-state index in [2.05, 4.69) is 6.92 Å². The molecule has 0 atom stereocenters. The normalized spacial score (nSPS) is 10.7. The minimum atomic E-state index is -0.386. The molecule has 1 aromatic carbocycles. The lowest BCUT2D eigenvalue weighted by Gasteiger charge is -2.23. The van der Waals surface area contributed by atoms with Crippen LogP contribution in [0.1, 0.15) is 64.4 Å². The highest BCUT2D eigenvalue weighted by molar-refractivity contribution is 6.01. The van der Waals surface area contributed by atoms with Crippen molar-refractivity contribution >= 4 is 11.9 Å². The second-order valence-corrected chi connectivity index (χ2v) is 6.78. The maximum atomic E-state index is 13.4. The van der Waals surface area contributed by atoms with Gasteiger partial charge in [0.15, 0.2) is 0 Å². The molecule has 0 saturated carbocycles. The van der Waals surface area contributed by atoms with Gasteiger partial charge in [-0.15, -0.1) is 0 Å². The summed E-state index contributed by atoms with van der Waals surface area (Å²) in [5, 5.41) is 0. The summed E-state index contributed by atoms with van der Waals surface area (Å²) in [5.74, 6) is -0.420. The Bertz CT molecular complexity index is 794. The minimum Gasteiger partial charge on any atom is -0.461 e. The van der Waals surface area contributed by atoms with E-state index in [9.17, 15) is 9.59 Å². The number of unbranched alkanes of at least 4 members (excludes halogenated alkanes) is 1. The molecule has 0 bridgehead atoms. The molecule has 0 spiro atoms. The number of hydrogen-bond donors (Lipinski definition) is 0. The maximum Gasteiger partial charge on any atom is 0.355 e. The molecular formula is C22H30N2O3. The van der Waals surface area contributed by atoms with E-state index in [0.717, 1.165) is 24.1 Å². The van der Waals surface area contributed by atoms with Crippen molar-refractivity contribution in [2.75, 3.05) is 13.2 Å². The summed E-state index contributed by atoms with van der Waals surface area (Å²) in [6.45, 7) is 9.15. The maximum absolute atomic E-state index is 13.4. The van der Waals surface area contributed by atoms with Crippen LogP contribution in [0, 0.1) is 13.8 Å². The van der Waals surface area contributed by atoms with E-state index < -0.39 is 0 Å². The van der Waals surface area contributed by atoms with Gasteiger partial charge in [-0.1, -0.05) is 43.7 Å².